The normalized spacial score (nSPS) is 17.1. The summed E-state index contributed by atoms with van der Waals surface area (Å²) in [5.74, 6) is -1.09. The first-order valence-electron chi connectivity index (χ1n) is 5.65. The molecule has 0 aromatic carbocycles. The number of aryl methyl sites for hydroxylation is 2. The van der Waals surface area contributed by atoms with Gasteiger partial charge in [-0.15, -0.1) is 0 Å². The number of carbonyl (C=O) groups is 1. The first-order chi connectivity index (χ1) is 7.22. The van der Waals surface area contributed by atoms with Crippen LogP contribution in [0.1, 0.15) is 49.1 Å². The molecule has 0 radical (unpaired) electrons. The van der Waals surface area contributed by atoms with E-state index in [2.05, 4.69) is 11.1 Å². The Balaban J connectivity index is 2.28. The lowest BCUT2D eigenvalue weighted by Crippen LogP contribution is -2.10. The van der Waals surface area contributed by atoms with Crippen LogP contribution in [-0.2, 0) is 17.6 Å². The Morgan fingerprint density at radius 3 is 2.87 bits per heavy atom. The Hall–Kier alpha value is -1.25. The summed E-state index contributed by atoms with van der Waals surface area (Å²) in [7, 11) is 0. The number of H-pyrrole nitrogens is 1. The Bertz CT molecular complexity index is 344. The maximum absolute atomic E-state index is 11.0. The molecule has 2 rings (SSSR count). The molecular weight excluding hydrogens is 190 g/mol. The van der Waals surface area contributed by atoms with Crippen molar-refractivity contribution >= 4 is 5.97 Å². The third kappa shape index (κ3) is 1.91. The van der Waals surface area contributed by atoms with Gasteiger partial charge in [-0.1, -0.05) is 6.92 Å². The van der Waals surface area contributed by atoms with Crippen molar-refractivity contribution in [1.82, 2.24) is 4.98 Å². The monoisotopic (exact) mass is 207 g/mol. The summed E-state index contributed by atoms with van der Waals surface area (Å²) in [6.07, 6.45) is 5.27. The smallest absolute Gasteiger partial charge is 0.312 e. The average molecular weight is 207 g/mol. The molecule has 82 valence electrons. The van der Waals surface area contributed by atoms with Gasteiger partial charge in [-0.2, -0.15) is 0 Å². The van der Waals surface area contributed by atoms with Crippen LogP contribution in [-0.4, -0.2) is 16.1 Å². The molecule has 0 aliphatic heterocycles. The van der Waals surface area contributed by atoms with Gasteiger partial charge >= 0.3 is 5.97 Å². The first kappa shape index (κ1) is 10.3. The lowest BCUT2D eigenvalue weighted by molar-refractivity contribution is -0.138. The van der Waals surface area contributed by atoms with Gasteiger partial charge in [0.1, 0.15) is 0 Å². The molecule has 1 aromatic heterocycles. The topological polar surface area (TPSA) is 53.1 Å². The van der Waals surface area contributed by atoms with E-state index in [1.54, 1.807) is 0 Å². The lowest BCUT2D eigenvalue weighted by atomic mass is 9.97. The van der Waals surface area contributed by atoms with E-state index in [1.165, 1.54) is 24.1 Å². The van der Waals surface area contributed by atoms with Crippen LogP contribution in [0.15, 0.2) is 6.07 Å². The molecule has 1 aromatic rings. The molecule has 0 saturated carbocycles. The molecular formula is C12H17NO2. The second-order valence-corrected chi connectivity index (χ2v) is 4.23. The number of nitrogens with one attached hydrogen (secondary N) is 1. The van der Waals surface area contributed by atoms with Crippen LogP contribution in [0.5, 0.6) is 0 Å². The van der Waals surface area contributed by atoms with Crippen molar-refractivity contribution in [3.05, 3.63) is 23.0 Å². The fraction of sp³-hybridized carbons (Fsp3) is 0.583. The van der Waals surface area contributed by atoms with Crippen molar-refractivity contribution in [2.45, 2.75) is 44.9 Å². The van der Waals surface area contributed by atoms with Crippen LogP contribution in [0.25, 0.3) is 0 Å². The molecule has 3 heteroatoms. The highest BCUT2D eigenvalue weighted by atomic mass is 16.4. The van der Waals surface area contributed by atoms with Gasteiger partial charge < -0.3 is 10.1 Å². The second-order valence-electron chi connectivity index (χ2n) is 4.23. The molecule has 0 saturated heterocycles. The summed E-state index contributed by atoms with van der Waals surface area (Å²) < 4.78 is 0. The van der Waals surface area contributed by atoms with Crippen LogP contribution in [0, 0.1) is 0 Å². The predicted octanol–water partition coefficient (Wildman–Crippen LogP) is 2.47. The van der Waals surface area contributed by atoms with Gasteiger partial charge in [0.05, 0.1) is 5.92 Å². The lowest BCUT2D eigenvalue weighted by Gasteiger charge is -2.09. The molecule has 1 unspecified atom stereocenters. The number of fused-ring (bicyclic) bond motifs is 1. The van der Waals surface area contributed by atoms with E-state index < -0.39 is 5.97 Å². The zero-order valence-corrected chi connectivity index (χ0v) is 9.05. The Labute approximate surface area is 89.5 Å². The number of hydrogen-bond acceptors (Lipinski definition) is 1. The molecule has 1 heterocycles. The highest BCUT2D eigenvalue weighted by Gasteiger charge is 2.22. The van der Waals surface area contributed by atoms with Crippen LogP contribution in [0.4, 0.5) is 0 Å². The van der Waals surface area contributed by atoms with E-state index >= 15 is 0 Å². The number of hydrogen-bond donors (Lipinski definition) is 2. The fourth-order valence-corrected chi connectivity index (χ4v) is 2.34. The van der Waals surface area contributed by atoms with Gasteiger partial charge in [0.2, 0.25) is 0 Å². The zero-order valence-electron chi connectivity index (χ0n) is 9.05. The van der Waals surface area contributed by atoms with Crippen LogP contribution >= 0.6 is 0 Å². The first-order valence-corrected chi connectivity index (χ1v) is 5.65. The van der Waals surface area contributed by atoms with Crippen molar-refractivity contribution in [3.8, 4) is 0 Å². The predicted molar refractivity (Wildman–Crippen MR) is 58.1 cm³/mol. The molecule has 0 bridgehead atoms. The summed E-state index contributed by atoms with van der Waals surface area (Å²) in [6.45, 7) is 1.92. The minimum atomic E-state index is -0.726. The van der Waals surface area contributed by atoms with Crippen molar-refractivity contribution < 1.29 is 9.90 Å². The van der Waals surface area contributed by atoms with Crippen molar-refractivity contribution in [3.63, 3.8) is 0 Å². The van der Waals surface area contributed by atoms with Crippen molar-refractivity contribution in [2.24, 2.45) is 0 Å². The number of aromatic nitrogens is 1. The van der Waals surface area contributed by atoms with Crippen molar-refractivity contribution in [2.75, 3.05) is 0 Å². The third-order valence-corrected chi connectivity index (χ3v) is 3.22. The number of aliphatic carboxylic acids is 1. The number of carboxylic acids is 1. The highest BCUT2D eigenvalue weighted by Crippen LogP contribution is 2.26. The largest absolute Gasteiger partial charge is 0.481 e. The molecule has 1 atom stereocenters. The Morgan fingerprint density at radius 2 is 2.27 bits per heavy atom. The number of aromatic amines is 1. The minimum absolute atomic E-state index is 0.365. The van der Waals surface area contributed by atoms with E-state index in [4.69, 9.17) is 5.11 Å². The van der Waals surface area contributed by atoms with Gasteiger partial charge in [-0.05, 0) is 43.7 Å². The summed E-state index contributed by atoms with van der Waals surface area (Å²) in [6, 6.07) is 2.05. The molecule has 2 N–H and O–H groups in total. The van der Waals surface area contributed by atoms with Gasteiger partial charge in [0.15, 0.2) is 0 Å². The van der Waals surface area contributed by atoms with E-state index in [1.807, 2.05) is 6.92 Å². The minimum Gasteiger partial charge on any atom is -0.481 e. The molecule has 1 aliphatic carbocycles. The average Bonchev–Trinajstić information content (AvgIpc) is 2.61. The molecule has 3 nitrogen and oxygen atoms in total. The molecule has 1 aliphatic rings. The Kier molecular flexibility index (Phi) is 2.80. The van der Waals surface area contributed by atoms with E-state index in [0.717, 1.165) is 18.5 Å². The van der Waals surface area contributed by atoms with Crippen LogP contribution in [0.2, 0.25) is 0 Å². The molecule has 0 amide bonds. The van der Waals surface area contributed by atoms with E-state index in [9.17, 15) is 4.79 Å². The van der Waals surface area contributed by atoms with Crippen molar-refractivity contribution in [1.29, 1.82) is 0 Å². The quantitative estimate of drug-likeness (QED) is 0.800. The maximum Gasteiger partial charge on any atom is 0.312 e. The summed E-state index contributed by atoms with van der Waals surface area (Å²) in [5, 5.41) is 9.07. The standard InChI is InChI=1S/C12H17NO2/c1-2-9(12(14)15)11-7-8-5-3-4-6-10(8)13-11/h7,9,13H,2-6H2,1H3,(H,14,15). The second kappa shape index (κ2) is 4.09. The van der Waals surface area contributed by atoms with Gasteiger partial charge in [-0.3, -0.25) is 4.79 Å². The summed E-state index contributed by atoms with van der Waals surface area (Å²) >= 11 is 0. The van der Waals surface area contributed by atoms with E-state index in [0.29, 0.717) is 6.42 Å². The van der Waals surface area contributed by atoms with Crippen LogP contribution < -0.4 is 0 Å². The summed E-state index contributed by atoms with van der Waals surface area (Å²) in [5.41, 5.74) is 3.48. The number of carboxylic acid groups (broad SMARTS) is 1. The SMILES string of the molecule is CCC(C(=O)O)c1cc2c([nH]1)CCCC2. The van der Waals surface area contributed by atoms with Gasteiger partial charge in [0, 0.05) is 11.4 Å². The fourth-order valence-electron chi connectivity index (χ4n) is 2.34. The highest BCUT2D eigenvalue weighted by molar-refractivity contribution is 5.75. The van der Waals surface area contributed by atoms with Gasteiger partial charge in [-0.25, -0.2) is 0 Å². The summed E-state index contributed by atoms with van der Waals surface area (Å²) in [4.78, 5) is 14.3. The zero-order chi connectivity index (χ0) is 10.8. The Morgan fingerprint density at radius 1 is 1.53 bits per heavy atom. The molecule has 0 fully saturated rings. The number of rotatable bonds is 3. The van der Waals surface area contributed by atoms with Gasteiger partial charge in [0.25, 0.3) is 0 Å². The third-order valence-electron chi connectivity index (χ3n) is 3.22. The maximum atomic E-state index is 11.0. The molecule has 0 spiro atoms. The van der Waals surface area contributed by atoms with Crippen LogP contribution in [0.3, 0.4) is 0 Å². The molecule has 15 heavy (non-hydrogen) atoms. The van der Waals surface area contributed by atoms with E-state index in [-0.39, 0.29) is 5.92 Å².